The summed E-state index contributed by atoms with van der Waals surface area (Å²) in [5, 5.41) is 3.89. The minimum absolute atomic E-state index is 0.421. The van der Waals surface area contributed by atoms with Gasteiger partial charge in [-0.1, -0.05) is 41.9 Å². The van der Waals surface area contributed by atoms with Crippen molar-refractivity contribution in [3.05, 3.63) is 53.4 Å². The fraction of sp³-hybridized carbons (Fsp3) is 0.333. The smallest absolute Gasteiger partial charge is 0.134 e. The molecule has 104 valence electrons. The van der Waals surface area contributed by atoms with Crippen molar-refractivity contribution in [2.45, 2.75) is 19.0 Å². The lowest BCUT2D eigenvalue weighted by molar-refractivity contribution is 0.328. The molecule has 2 heterocycles. The molecule has 1 fully saturated rings. The number of rotatable bonds is 4. The van der Waals surface area contributed by atoms with Gasteiger partial charge in [0.15, 0.2) is 0 Å². The summed E-state index contributed by atoms with van der Waals surface area (Å²) >= 11 is 5.86. The average molecular weight is 289 g/mol. The summed E-state index contributed by atoms with van der Waals surface area (Å²) in [6.07, 6.45) is 2.61. The first-order valence-corrected chi connectivity index (χ1v) is 7.18. The summed E-state index contributed by atoms with van der Waals surface area (Å²) in [5.41, 5.74) is 1.36. The molecule has 1 aliphatic heterocycles. The molecule has 2 aromatic rings. The van der Waals surface area contributed by atoms with E-state index in [-0.39, 0.29) is 0 Å². The van der Waals surface area contributed by atoms with Crippen LogP contribution in [-0.4, -0.2) is 34.0 Å². The number of aromatic nitrogens is 2. The molecule has 1 aromatic carbocycles. The number of hydrogen-bond acceptors (Lipinski definition) is 4. The van der Waals surface area contributed by atoms with Crippen molar-refractivity contribution in [2.75, 3.05) is 18.4 Å². The minimum atomic E-state index is 0.421. The highest BCUT2D eigenvalue weighted by atomic mass is 35.5. The molecule has 0 bridgehead atoms. The van der Waals surface area contributed by atoms with Crippen molar-refractivity contribution in [1.82, 2.24) is 14.9 Å². The number of anilines is 1. The first-order chi connectivity index (χ1) is 9.79. The van der Waals surface area contributed by atoms with Crippen LogP contribution in [0.1, 0.15) is 12.0 Å². The van der Waals surface area contributed by atoms with E-state index in [4.69, 9.17) is 11.6 Å². The highest BCUT2D eigenvalue weighted by molar-refractivity contribution is 6.29. The van der Waals surface area contributed by atoms with E-state index in [1.165, 1.54) is 11.9 Å². The summed E-state index contributed by atoms with van der Waals surface area (Å²) in [5.74, 6) is 0.802. The maximum Gasteiger partial charge on any atom is 0.134 e. The van der Waals surface area contributed by atoms with E-state index in [9.17, 15) is 0 Å². The van der Waals surface area contributed by atoms with Crippen LogP contribution in [-0.2, 0) is 6.54 Å². The molecule has 0 aliphatic carbocycles. The molecule has 1 saturated heterocycles. The largest absolute Gasteiger partial charge is 0.366 e. The van der Waals surface area contributed by atoms with Gasteiger partial charge >= 0.3 is 0 Å². The van der Waals surface area contributed by atoms with E-state index in [1.54, 1.807) is 6.07 Å². The molecule has 0 amide bonds. The van der Waals surface area contributed by atoms with Crippen LogP contribution in [0.5, 0.6) is 0 Å². The average Bonchev–Trinajstić information content (AvgIpc) is 2.87. The fourth-order valence-electron chi connectivity index (χ4n) is 2.56. The lowest BCUT2D eigenvalue weighted by Gasteiger charge is -2.17. The Morgan fingerprint density at radius 3 is 2.90 bits per heavy atom. The molecule has 0 saturated carbocycles. The number of halogens is 1. The van der Waals surface area contributed by atoms with Gasteiger partial charge in [0, 0.05) is 31.7 Å². The number of benzene rings is 1. The summed E-state index contributed by atoms with van der Waals surface area (Å²) < 4.78 is 0. The van der Waals surface area contributed by atoms with Crippen LogP contribution in [0.25, 0.3) is 0 Å². The van der Waals surface area contributed by atoms with E-state index in [0.717, 1.165) is 31.9 Å². The summed E-state index contributed by atoms with van der Waals surface area (Å²) in [4.78, 5) is 10.5. The molecule has 0 unspecified atom stereocenters. The van der Waals surface area contributed by atoms with Gasteiger partial charge in [0.1, 0.15) is 17.3 Å². The molecule has 4 nitrogen and oxygen atoms in total. The zero-order valence-electron chi connectivity index (χ0n) is 11.2. The van der Waals surface area contributed by atoms with Gasteiger partial charge in [-0.25, -0.2) is 9.97 Å². The Morgan fingerprint density at radius 2 is 2.10 bits per heavy atom. The predicted octanol–water partition coefficient (Wildman–Crippen LogP) is 2.82. The van der Waals surface area contributed by atoms with Crippen LogP contribution in [0.2, 0.25) is 5.15 Å². The van der Waals surface area contributed by atoms with Crippen molar-refractivity contribution in [3.8, 4) is 0 Å². The van der Waals surface area contributed by atoms with E-state index in [2.05, 4.69) is 50.5 Å². The van der Waals surface area contributed by atoms with Gasteiger partial charge in [-0.2, -0.15) is 0 Å². The van der Waals surface area contributed by atoms with Crippen molar-refractivity contribution in [2.24, 2.45) is 0 Å². The van der Waals surface area contributed by atoms with Gasteiger partial charge in [0.2, 0.25) is 0 Å². The monoisotopic (exact) mass is 288 g/mol. The zero-order chi connectivity index (χ0) is 13.8. The third kappa shape index (κ3) is 3.46. The topological polar surface area (TPSA) is 41.0 Å². The Labute approximate surface area is 123 Å². The maximum absolute atomic E-state index is 5.86. The number of hydrogen-bond donors (Lipinski definition) is 1. The highest BCUT2D eigenvalue weighted by Crippen LogP contribution is 2.17. The molecule has 1 aliphatic rings. The highest BCUT2D eigenvalue weighted by Gasteiger charge is 2.22. The standard InChI is InChI=1S/C15H17ClN4/c16-14-8-15(18-11-17-14)19-13-6-7-20(10-13)9-12-4-2-1-3-5-12/h1-5,8,11,13H,6-7,9-10H2,(H,17,18,19)/t13-/m0/s1. The second-order valence-electron chi connectivity index (χ2n) is 5.08. The Bertz CT molecular complexity index is 561. The lowest BCUT2D eigenvalue weighted by atomic mass is 10.2. The molecule has 0 spiro atoms. The van der Waals surface area contributed by atoms with Crippen LogP contribution in [0, 0.1) is 0 Å². The summed E-state index contributed by atoms with van der Waals surface area (Å²) in [6, 6.07) is 12.8. The molecule has 1 atom stereocenters. The van der Waals surface area contributed by atoms with Crippen LogP contribution in [0.4, 0.5) is 5.82 Å². The van der Waals surface area contributed by atoms with Gasteiger partial charge in [-0.15, -0.1) is 0 Å². The van der Waals surface area contributed by atoms with Crippen molar-refractivity contribution in [1.29, 1.82) is 0 Å². The molecular formula is C15H17ClN4. The Hall–Kier alpha value is -1.65. The molecule has 0 radical (unpaired) electrons. The molecule has 5 heteroatoms. The fourth-order valence-corrected chi connectivity index (χ4v) is 2.70. The van der Waals surface area contributed by atoms with Gasteiger partial charge in [0.25, 0.3) is 0 Å². The molecular weight excluding hydrogens is 272 g/mol. The second kappa shape index (κ2) is 6.20. The van der Waals surface area contributed by atoms with E-state index >= 15 is 0 Å². The maximum atomic E-state index is 5.86. The van der Waals surface area contributed by atoms with Crippen molar-refractivity contribution >= 4 is 17.4 Å². The van der Waals surface area contributed by atoms with Crippen LogP contribution < -0.4 is 5.32 Å². The van der Waals surface area contributed by atoms with Crippen molar-refractivity contribution in [3.63, 3.8) is 0 Å². The normalized spacial score (nSPS) is 19.1. The Morgan fingerprint density at radius 1 is 1.25 bits per heavy atom. The van der Waals surface area contributed by atoms with Crippen LogP contribution in [0.3, 0.4) is 0 Å². The Balaban J connectivity index is 1.54. The minimum Gasteiger partial charge on any atom is -0.366 e. The van der Waals surface area contributed by atoms with E-state index in [0.29, 0.717) is 11.2 Å². The Kier molecular flexibility index (Phi) is 4.14. The SMILES string of the molecule is Clc1cc(N[C@H]2CCN(Cc3ccccc3)C2)ncn1. The second-order valence-corrected chi connectivity index (χ2v) is 5.46. The van der Waals surface area contributed by atoms with E-state index < -0.39 is 0 Å². The molecule has 1 aromatic heterocycles. The van der Waals surface area contributed by atoms with Gasteiger partial charge < -0.3 is 5.32 Å². The predicted molar refractivity (Wildman–Crippen MR) is 80.8 cm³/mol. The van der Waals surface area contributed by atoms with Crippen LogP contribution in [0.15, 0.2) is 42.7 Å². The van der Waals surface area contributed by atoms with Gasteiger partial charge in [-0.3, -0.25) is 4.90 Å². The quantitative estimate of drug-likeness (QED) is 0.879. The van der Waals surface area contributed by atoms with Crippen LogP contribution >= 0.6 is 11.6 Å². The molecule has 20 heavy (non-hydrogen) atoms. The van der Waals surface area contributed by atoms with Gasteiger partial charge in [0.05, 0.1) is 0 Å². The number of likely N-dealkylation sites (tertiary alicyclic amines) is 1. The van der Waals surface area contributed by atoms with Crippen molar-refractivity contribution < 1.29 is 0 Å². The first kappa shape index (κ1) is 13.3. The van der Waals surface area contributed by atoms with Gasteiger partial charge in [-0.05, 0) is 12.0 Å². The number of nitrogens with zero attached hydrogens (tertiary/aromatic N) is 3. The molecule has 1 N–H and O–H groups in total. The third-order valence-corrected chi connectivity index (χ3v) is 3.71. The zero-order valence-corrected chi connectivity index (χ0v) is 11.9. The van der Waals surface area contributed by atoms with E-state index in [1.807, 2.05) is 0 Å². The lowest BCUT2D eigenvalue weighted by Crippen LogP contribution is -2.26. The molecule has 3 rings (SSSR count). The first-order valence-electron chi connectivity index (χ1n) is 6.80. The third-order valence-electron chi connectivity index (χ3n) is 3.51. The summed E-state index contributed by atoms with van der Waals surface area (Å²) in [6.45, 7) is 3.13. The number of nitrogens with one attached hydrogen (secondary N) is 1. The summed E-state index contributed by atoms with van der Waals surface area (Å²) in [7, 11) is 0.